The molecule has 0 heterocycles. The summed E-state index contributed by atoms with van der Waals surface area (Å²) < 4.78 is 14.0. The van der Waals surface area contributed by atoms with Crippen molar-refractivity contribution in [2.24, 2.45) is 5.92 Å². The van der Waals surface area contributed by atoms with Gasteiger partial charge in [-0.05, 0) is 67.5 Å². The number of carbonyl (C=O) groups is 2. The Morgan fingerprint density at radius 2 is 1.88 bits per heavy atom. The van der Waals surface area contributed by atoms with Crippen molar-refractivity contribution in [3.05, 3.63) is 27.6 Å². The van der Waals surface area contributed by atoms with Gasteiger partial charge >= 0.3 is 0 Å². The second kappa shape index (κ2) is 8.27. The van der Waals surface area contributed by atoms with Crippen LogP contribution in [0.3, 0.4) is 0 Å². The molecule has 0 bridgehead atoms. The molecule has 1 unspecified atom stereocenters. The van der Waals surface area contributed by atoms with Crippen molar-refractivity contribution in [1.29, 1.82) is 0 Å². The molecule has 134 valence electrons. The second-order valence-corrected chi connectivity index (χ2v) is 8.30. The minimum Gasteiger partial charge on any atom is -0.350 e. The zero-order valence-electron chi connectivity index (χ0n) is 15.1. The SMILES string of the molecule is CCC(=O)N(c1ccc(F)cc1I)C(C(=O)NC(C)(C)C)C(C)C. The van der Waals surface area contributed by atoms with Gasteiger partial charge in [0.25, 0.3) is 0 Å². The van der Waals surface area contributed by atoms with E-state index in [1.807, 2.05) is 57.2 Å². The maximum Gasteiger partial charge on any atom is 0.243 e. The van der Waals surface area contributed by atoms with Crippen LogP contribution in [0.1, 0.15) is 48.0 Å². The molecule has 0 aliphatic rings. The van der Waals surface area contributed by atoms with Crippen LogP contribution in [0, 0.1) is 15.3 Å². The van der Waals surface area contributed by atoms with Gasteiger partial charge in [-0.25, -0.2) is 4.39 Å². The van der Waals surface area contributed by atoms with Crippen molar-refractivity contribution in [3.8, 4) is 0 Å². The lowest BCUT2D eigenvalue weighted by Gasteiger charge is -2.36. The third-order valence-corrected chi connectivity index (χ3v) is 4.28. The van der Waals surface area contributed by atoms with E-state index in [0.717, 1.165) is 0 Å². The molecule has 6 heteroatoms. The van der Waals surface area contributed by atoms with Crippen molar-refractivity contribution in [1.82, 2.24) is 5.32 Å². The highest BCUT2D eigenvalue weighted by molar-refractivity contribution is 14.1. The number of carbonyl (C=O) groups excluding carboxylic acids is 2. The van der Waals surface area contributed by atoms with E-state index < -0.39 is 11.6 Å². The average Bonchev–Trinajstić information content (AvgIpc) is 2.42. The lowest BCUT2D eigenvalue weighted by molar-refractivity contribution is -0.128. The minimum atomic E-state index is -0.657. The largest absolute Gasteiger partial charge is 0.350 e. The summed E-state index contributed by atoms with van der Waals surface area (Å²) in [6.45, 7) is 11.3. The monoisotopic (exact) mass is 448 g/mol. The highest BCUT2D eigenvalue weighted by Gasteiger charge is 2.35. The van der Waals surface area contributed by atoms with Crippen LogP contribution >= 0.6 is 22.6 Å². The van der Waals surface area contributed by atoms with Crippen LogP contribution in [0.5, 0.6) is 0 Å². The Morgan fingerprint density at radius 1 is 1.29 bits per heavy atom. The van der Waals surface area contributed by atoms with Crippen molar-refractivity contribution < 1.29 is 14.0 Å². The van der Waals surface area contributed by atoms with Crippen LogP contribution in [-0.4, -0.2) is 23.4 Å². The summed E-state index contributed by atoms with van der Waals surface area (Å²) in [5.41, 5.74) is 0.160. The smallest absolute Gasteiger partial charge is 0.243 e. The van der Waals surface area contributed by atoms with Crippen LogP contribution in [0.25, 0.3) is 0 Å². The lowest BCUT2D eigenvalue weighted by Crippen LogP contribution is -2.56. The van der Waals surface area contributed by atoms with Crippen LogP contribution in [0.15, 0.2) is 18.2 Å². The fraction of sp³-hybridized carbons (Fsp3) is 0.556. The number of rotatable bonds is 5. The molecule has 1 atom stereocenters. The summed E-state index contributed by atoms with van der Waals surface area (Å²) in [5.74, 6) is -0.835. The number of hydrogen-bond donors (Lipinski definition) is 1. The molecule has 0 aliphatic heterocycles. The number of hydrogen-bond acceptors (Lipinski definition) is 2. The number of nitrogens with one attached hydrogen (secondary N) is 1. The van der Waals surface area contributed by atoms with Gasteiger partial charge in [-0.3, -0.25) is 14.5 Å². The van der Waals surface area contributed by atoms with Gasteiger partial charge in [0, 0.05) is 15.5 Å². The van der Waals surface area contributed by atoms with Gasteiger partial charge < -0.3 is 5.32 Å². The standard InChI is InChI=1S/C18H26FIN2O2/c1-7-15(23)22(14-9-8-12(19)10-13(14)20)16(11(2)3)17(24)21-18(4,5)6/h8-11,16H,7H2,1-6H3,(H,21,24). The quantitative estimate of drug-likeness (QED) is 0.690. The van der Waals surface area contributed by atoms with Crippen molar-refractivity contribution >= 4 is 40.1 Å². The number of benzene rings is 1. The lowest BCUT2D eigenvalue weighted by atomic mass is 9.98. The molecule has 0 saturated heterocycles. The van der Waals surface area contributed by atoms with Gasteiger partial charge in [-0.1, -0.05) is 20.8 Å². The Hall–Kier alpha value is -1.18. The molecule has 1 aromatic carbocycles. The first-order valence-corrected chi connectivity index (χ1v) is 9.15. The number of nitrogens with zero attached hydrogens (tertiary/aromatic N) is 1. The molecule has 0 aliphatic carbocycles. The molecule has 0 spiro atoms. The fourth-order valence-corrected chi connectivity index (χ4v) is 3.19. The summed E-state index contributed by atoms with van der Waals surface area (Å²) in [5, 5.41) is 2.95. The van der Waals surface area contributed by atoms with Crippen molar-refractivity contribution in [2.45, 2.75) is 59.5 Å². The first-order valence-electron chi connectivity index (χ1n) is 8.07. The Balaban J connectivity index is 3.39. The van der Waals surface area contributed by atoms with Crippen molar-refractivity contribution in [3.63, 3.8) is 0 Å². The molecule has 0 aromatic heterocycles. The van der Waals surface area contributed by atoms with E-state index in [1.165, 1.54) is 17.0 Å². The first-order chi connectivity index (χ1) is 11.0. The van der Waals surface area contributed by atoms with E-state index in [2.05, 4.69) is 5.32 Å². The fourth-order valence-electron chi connectivity index (χ4n) is 2.45. The molecule has 1 N–H and O–H groups in total. The first kappa shape index (κ1) is 20.9. The highest BCUT2D eigenvalue weighted by atomic mass is 127. The summed E-state index contributed by atoms with van der Waals surface area (Å²) in [6, 6.07) is 3.58. The van der Waals surface area contributed by atoms with Crippen LogP contribution < -0.4 is 10.2 Å². The topological polar surface area (TPSA) is 49.4 Å². The van der Waals surface area contributed by atoms with Crippen LogP contribution in [-0.2, 0) is 9.59 Å². The normalized spacial score (nSPS) is 12.9. The van der Waals surface area contributed by atoms with E-state index >= 15 is 0 Å². The van der Waals surface area contributed by atoms with E-state index in [0.29, 0.717) is 9.26 Å². The molecule has 0 radical (unpaired) electrons. The van der Waals surface area contributed by atoms with Crippen molar-refractivity contribution in [2.75, 3.05) is 4.90 Å². The summed E-state index contributed by atoms with van der Waals surface area (Å²) >= 11 is 1.99. The van der Waals surface area contributed by atoms with Gasteiger partial charge in [0.15, 0.2) is 0 Å². The van der Waals surface area contributed by atoms with Gasteiger partial charge in [0.2, 0.25) is 11.8 Å². The van der Waals surface area contributed by atoms with Gasteiger partial charge in [0.05, 0.1) is 5.69 Å². The molecule has 2 amide bonds. The maximum absolute atomic E-state index is 13.4. The van der Waals surface area contributed by atoms with E-state index in [9.17, 15) is 14.0 Å². The van der Waals surface area contributed by atoms with E-state index in [4.69, 9.17) is 0 Å². The Bertz CT molecular complexity index is 612. The number of halogens is 2. The maximum atomic E-state index is 13.4. The highest BCUT2D eigenvalue weighted by Crippen LogP contribution is 2.28. The third-order valence-electron chi connectivity index (χ3n) is 3.42. The zero-order chi connectivity index (χ0) is 18.7. The average molecular weight is 448 g/mol. The summed E-state index contributed by atoms with van der Waals surface area (Å²) in [4.78, 5) is 27.0. The van der Waals surface area contributed by atoms with Gasteiger partial charge in [-0.15, -0.1) is 0 Å². The van der Waals surface area contributed by atoms with Crippen LogP contribution in [0.2, 0.25) is 0 Å². The third kappa shape index (κ3) is 5.43. The predicted molar refractivity (Wildman–Crippen MR) is 103 cm³/mol. The zero-order valence-corrected chi connectivity index (χ0v) is 17.3. The second-order valence-electron chi connectivity index (χ2n) is 7.14. The van der Waals surface area contributed by atoms with Gasteiger partial charge in [-0.2, -0.15) is 0 Å². The number of amides is 2. The van der Waals surface area contributed by atoms with E-state index in [1.54, 1.807) is 13.0 Å². The molecule has 1 rings (SSSR count). The predicted octanol–water partition coefficient (Wildman–Crippen LogP) is 4.11. The minimum absolute atomic E-state index is 0.0938. The molecular weight excluding hydrogens is 422 g/mol. The Morgan fingerprint density at radius 3 is 2.29 bits per heavy atom. The summed E-state index contributed by atoms with van der Waals surface area (Å²) in [7, 11) is 0. The Kier molecular flexibility index (Phi) is 7.19. The van der Waals surface area contributed by atoms with Crippen LogP contribution in [0.4, 0.5) is 10.1 Å². The molecule has 24 heavy (non-hydrogen) atoms. The Labute approximate surface area is 157 Å². The molecule has 0 fully saturated rings. The summed E-state index contributed by atoms with van der Waals surface area (Å²) in [6.07, 6.45) is 0.263. The molecule has 4 nitrogen and oxygen atoms in total. The van der Waals surface area contributed by atoms with E-state index in [-0.39, 0.29) is 30.0 Å². The number of anilines is 1. The van der Waals surface area contributed by atoms with Gasteiger partial charge in [0.1, 0.15) is 11.9 Å². The molecule has 0 saturated carbocycles. The molecule has 1 aromatic rings. The molecular formula is C18H26FIN2O2.